The van der Waals surface area contributed by atoms with Gasteiger partial charge in [-0.25, -0.2) is 4.39 Å². The first-order valence-electron chi connectivity index (χ1n) is 6.76. The van der Waals surface area contributed by atoms with Gasteiger partial charge in [-0.05, 0) is 48.7 Å². The summed E-state index contributed by atoms with van der Waals surface area (Å²) in [5.74, 6) is 0.645. The minimum absolute atomic E-state index is 0.312. The molecule has 0 aliphatic heterocycles. The van der Waals surface area contributed by atoms with Crippen LogP contribution in [0.3, 0.4) is 0 Å². The minimum Gasteiger partial charge on any atom is -0.456 e. The van der Waals surface area contributed by atoms with Crippen LogP contribution in [-0.4, -0.2) is 6.04 Å². The molecule has 3 rings (SSSR count). The first-order valence-corrected chi connectivity index (χ1v) is 7.93. The van der Waals surface area contributed by atoms with Gasteiger partial charge in [-0.2, -0.15) is 0 Å². The SMILES string of the molecule is Fc1cc(CNC2CC2)cc(Oc2ccc(Br)cc2Cl)c1. The maximum Gasteiger partial charge on any atom is 0.146 e. The predicted molar refractivity (Wildman–Crippen MR) is 85.5 cm³/mol. The van der Waals surface area contributed by atoms with Crippen molar-refractivity contribution in [2.45, 2.75) is 25.4 Å². The smallest absolute Gasteiger partial charge is 0.146 e. The molecular formula is C16H14BrClFNO. The molecule has 0 spiro atoms. The van der Waals surface area contributed by atoms with Crippen LogP contribution in [-0.2, 0) is 6.54 Å². The topological polar surface area (TPSA) is 21.3 Å². The molecule has 1 N–H and O–H groups in total. The summed E-state index contributed by atoms with van der Waals surface area (Å²) in [5.41, 5.74) is 0.866. The zero-order valence-electron chi connectivity index (χ0n) is 11.2. The molecule has 0 unspecified atom stereocenters. The molecule has 21 heavy (non-hydrogen) atoms. The van der Waals surface area contributed by atoms with Crippen molar-refractivity contribution in [3.8, 4) is 11.5 Å². The van der Waals surface area contributed by atoms with Gasteiger partial charge in [-0.3, -0.25) is 0 Å². The molecule has 0 heterocycles. The fourth-order valence-electron chi connectivity index (χ4n) is 2.02. The Balaban J connectivity index is 1.77. The zero-order valence-corrected chi connectivity index (χ0v) is 13.5. The van der Waals surface area contributed by atoms with Crippen molar-refractivity contribution in [1.29, 1.82) is 0 Å². The molecule has 0 saturated heterocycles. The Morgan fingerprint density at radius 3 is 2.76 bits per heavy atom. The lowest BCUT2D eigenvalue weighted by Gasteiger charge is -2.10. The third-order valence-electron chi connectivity index (χ3n) is 3.23. The van der Waals surface area contributed by atoms with Gasteiger partial charge in [0.2, 0.25) is 0 Å². The van der Waals surface area contributed by atoms with E-state index in [0.717, 1.165) is 10.0 Å². The molecule has 2 aromatic rings. The Morgan fingerprint density at radius 1 is 1.24 bits per heavy atom. The number of hydrogen-bond donors (Lipinski definition) is 1. The van der Waals surface area contributed by atoms with Crippen LogP contribution in [0.5, 0.6) is 11.5 Å². The second-order valence-electron chi connectivity index (χ2n) is 5.13. The Hall–Kier alpha value is -1.10. The maximum atomic E-state index is 13.7. The highest BCUT2D eigenvalue weighted by atomic mass is 79.9. The van der Waals surface area contributed by atoms with E-state index < -0.39 is 0 Å². The van der Waals surface area contributed by atoms with Gasteiger partial charge in [0.05, 0.1) is 5.02 Å². The van der Waals surface area contributed by atoms with Crippen LogP contribution in [0, 0.1) is 5.82 Å². The van der Waals surface area contributed by atoms with Gasteiger partial charge in [0.25, 0.3) is 0 Å². The lowest BCUT2D eigenvalue weighted by atomic mass is 10.2. The standard InChI is InChI=1S/C16H14BrClFNO/c17-11-1-4-16(15(18)7-11)21-14-6-10(5-12(19)8-14)9-20-13-2-3-13/h1,4-8,13,20H,2-3,9H2. The lowest BCUT2D eigenvalue weighted by molar-refractivity contribution is 0.475. The number of hydrogen-bond acceptors (Lipinski definition) is 2. The predicted octanol–water partition coefficient (Wildman–Crippen LogP) is 5.29. The highest BCUT2D eigenvalue weighted by Gasteiger charge is 2.20. The van der Waals surface area contributed by atoms with E-state index in [4.69, 9.17) is 16.3 Å². The molecule has 5 heteroatoms. The Bertz CT molecular complexity index is 661. The number of rotatable bonds is 5. The average Bonchev–Trinajstić information content (AvgIpc) is 3.23. The molecule has 110 valence electrons. The van der Waals surface area contributed by atoms with Crippen LogP contribution in [0.4, 0.5) is 4.39 Å². The molecule has 0 bridgehead atoms. The zero-order chi connectivity index (χ0) is 14.8. The van der Waals surface area contributed by atoms with Crippen LogP contribution in [0.1, 0.15) is 18.4 Å². The van der Waals surface area contributed by atoms with E-state index in [2.05, 4.69) is 21.2 Å². The molecule has 1 aliphatic rings. The molecule has 2 aromatic carbocycles. The van der Waals surface area contributed by atoms with Crippen molar-refractivity contribution in [2.24, 2.45) is 0 Å². The summed E-state index contributed by atoms with van der Waals surface area (Å²) in [6, 6.07) is 10.6. The van der Waals surface area contributed by atoms with Crippen molar-refractivity contribution >= 4 is 27.5 Å². The van der Waals surface area contributed by atoms with E-state index >= 15 is 0 Å². The molecule has 0 atom stereocenters. The van der Waals surface area contributed by atoms with Crippen molar-refractivity contribution in [3.63, 3.8) is 0 Å². The highest BCUT2D eigenvalue weighted by Crippen LogP contribution is 2.32. The minimum atomic E-state index is -0.312. The van der Waals surface area contributed by atoms with Gasteiger partial charge < -0.3 is 10.1 Å². The van der Waals surface area contributed by atoms with Gasteiger partial charge in [0.1, 0.15) is 17.3 Å². The van der Waals surface area contributed by atoms with Gasteiger partial charge in [-0.15, -0.1) is 0 Å². The Labute approximate surface area is 136 Å². The molecular weight excluding hydrogens is 357 g/mol. The molecule has 1 fully saturated rings. The summed E-state index contributed by atoms with van der Waals surface area (Å²) in [5, 5.41) is 3.83. The number of benzene rings is 2. The average molecular weight is 371 g/mol. The lowest BCUT2D eigenvalue weighted by Crippen LogP contribution is -2.15. The quantitative estimate of drug-likeness (QED) is 0.772. The van der Waals surface area contributed by atoms with Gasteiger partial charge in [0.15, 0.2) is 0 Å². The van der Waals surface area contributed by atoms with E-state index in [-0.39, 0.29) is 5.82 Å². The monoisotopic (exact) mass is 369 g/mol. The van der Waals surface area contributed by atoms with Crippen LogP contribution in [0.15, 0.2) is 40.9 Å². The summed E-state index contributed by atoms with van der Waals surface area (Å²) in [6.07, 6.45) is 2.40. The van der Waals surface area contributed by atoms with E-state index in [9.17, 15) is 4.39 Å². The van der Waals surface area contributed by atoms with E-state index in [0.29, 0.717) is 29.1 Å². The molecule has 0 amide bonds. The molecule has 1 saturated carbocycles. The summed E-state index contributed by atoms with van der Waals surface area (Å²) >= 11 is 9.45. The van der Waals surface area contributed by atoms with Crippen LogP contribution < -0.4 is 10.1 Å². The van der Waals surface area contributed by atoms with E-state index in [1.165, 1.54) is 25.0 Å². The number of ether oxygens (including phenoxy) is 1. The summed E-state index contributed by atoms with van der Waals surface area (Å²) < 4.78 is 20.2. The van der Waals surface area contributed by atoms with Crippen molar-refractivity contribution in [1.82, 2.24) is 5.32 Å². The molecule has 0 radical (unpaired) electrons. The molecule has 0 aromatic heterocycles. The normalized spacial score (nSPS) is 14.2. The number of nitrogens with one attached hydrogen (secondary N) is 1. The Morgan fingerprint density at radius 2 is 2.05 bits per heavy atom. The fourth-order valence-corrected chi connectivity index (χ4v) is 2.73. The van der Waals surface area contributed by atoms with Crippen LogP contribution in [0.2, 0.25) is 5.02 Å². The largest absolute Gasteiger partial charge is 0.456 e. The summed E-state index contributed by atoms with van der Waals surface area (Å²) in [6.45, 7) is 0.646. The first kappa shape index (κ1) is 14.8. The Kier molecular flexibility index (Phi) is 4.48. The van der Waals surface area contributed by atoms with E-state index in [1.54, 1.807) is 12.1 Å². The van der Waals surface area contributed by atoms with Crippen LogP contribution in [0.25, 0.3) is 0 Å². The third-order valence-corrected chi connectivity index (χ3v) is 4.01. The van der Waals surface area contributed by atoms with Gasteiger partial charge in [-0.1, -0.05) is 27.5 Å². The number of halogens is 3. The van der Waals surface area contributed by atoms with Crippen molar-refractivity contribution in [2.75, 3.05) is 0 Å². The molecule has 2 nitrogen and oxygen atoms in total. The van der Waals surface area contributed by atoms with Crippen molar-refractivity contribution < 1.29 is 9.13 Å². The first-order chi connectivity index (χ1) is 10.1. The highest BCUT2D eigenvalue weighted by molar-refractivity contribution is 9.10. The second-order valence-corrected chi connectivity index (χ2v) is 6.45. The van der Waals surface area contributed by atoms with Crippen LogP contribution >= 0.6 is 27.5 Å². The van der Waals surface area contributed by atoms with Gasteiger partial charge >= 0.3 is 0 Å². The fraction of sp³-hybridized carbons (Fsp3) is 0.250. The second kappa shape index (κ2) is 6.34. The van der Waals surface area contributed by atoms with Gasteiger partial charge in [0, 0.05) is 23.1 Å². The maximum absolute atomic E-state index is 13.7. The van der Waals surface area contributed by atoms with E-state index in [1.807, 2.05) is 12.1 Å². The summed E-state index contributed by atoms with van der Waals surface area (Å²) in [4.78, 5) is 0. The third kappa shape index (κ3) is 4.19. The van der Waals surface area contributed by atoms with Crippen molar-refractivity contribution in [3.05, 3.63) is 57.3 Å². The molecule has 1 aliphatic carbocycles. The summed E-state index contributed by atoms with van der Waals surface area (Å²) in [7, 11) is 0.